The van der Waals surface area contributed by atoms with Crippen molar-refractivity contribution in [2.45, 2.75) is 388 Å². The first-order valence-electron chi connectivity index (χ1n) is 37.0. The third-order valence-corrected chi connectivity index (χ3v) is 19.3. The Morgan fingerprint density at radius 2 is 0.737 bits per heavy atom. The molecular formula is C70H129O24P. The van der Waals surface area contributed by atoms with Crippen molar-refractivity contribution in [1.82, 2.24) is 0 Å². The maximum absolute atomic E-state index is 14.3. The van der Waals surface area contributed by atoms with E-state index in [1.165, 1.54) is 109 Å². The molecule has 0 amide bonds. The molecule has 2 saturated heterocycles. The lowest BCUT2D eigenvalue weighted by Gasteiger charge is -2.49. The molecule has 3 fully saturated rings. The van der Waals surface area contributed by atoms with Crippen molar-refractivity contribution in [3.8, 4) is 0 Å². The molecular weight excluding hydrogens is 1260 g/mol. The molecule has 0 aromatic heterocycles. The molecule has 3 aliphatic rings. The largest absolute Gasteiger partial charge is 0.472 e. The highest BCUT2D eigenvalue weighted by atomic mass is 31.2. The quantitative estimate of drug-likeness (QED) is 0.00887. The molecule has 24 nitrogen and oxygen atoms in total. The van der Waals surface area contributed by atoms with Crippen LogP contribution >= 0.6 is 7.82 Å². The van der Waals surface area contributed by atoms with Crippen LogP contribution in [0.15, 0.2) is 12.2 Å². The van der Waals surface area contributed by atoms with Crippen molar-refractivity contribution in [1.29, 1.82) is 0 Å². The van der Waals surface area contributed by atoms with Crippen LogP contribution in [0.1, 0.15) is 284 Å². The summed E-state index contributed by atoms with van der Waals surface area (Å²) in [5.41, 5.74) is 0. The van der Waals surface area contributed by atoms with E-state index in [4.69, 9.17) is 42.2 Å². The van der Waals surface area contributed by atoms with Gasteiger partial charge >= 0.3 is 25.7 Å². The summed E-state index contributed by atoms with van der Waals surface area (Å²) >= 11 is 0. The number of ether oxygens (including phenoxy) is 7. The topological polar surface area (TPSA) is 374 Å². The second-order valence-electron chi connectivity index (χ2n) is 26.7. The van der Waals surface area contributed by atoms with Gasteiger partial charge in [0.15, 0.2) is 18.7 Å². The predicted molar refractivity (Wildman–Crippen MR) is 356 cm³/mol. The summed E-state index contributed by atoms with van der Waals surface area (Å²) in [6, 6.07) is 0. The summed E-state index contributed by atoms with van der Waals surface area (Å²) in [6.07, 6.45) is 10.0. The molecule has 0 bridgehead atoms. The van der Waals surface area contributed by atoms with Crippen molar-refractivity contribution >= 4 is 25.7 Å². The third-order valence-electron chi connectivity index (χ3n) is 18.3. The number of phosphoric ester groups is 1. The van der Waals surface area contributed by atoms with Crippen molar-refractivity contribution in [3.05, 3.63) is 12.2 Å². The minimum Gasteiger partial charge on any atom is -0.463 e. The smallest absolute Gasteiger partial charge is 0.463 e. The highest BCUT2D eigenvalue weighted by Gasteiger charge is 2.58. The van der Waals surface area contributed by atoms with Gasteiger partial charge in [0.2, 0.25) is 0 Å². The predicted octanol–water partition coefficient (Wildman–Crippen LogP) is 9.57. The van der Waals surface area contributed by atoms with Crippen LogP contribution in [-0.4, -0.2) is 204 Å². The van der Waals surface area contributed by atoms with Gasteiger partial charge < -0.3 is 89.1 Å². The number of aliphatic hydroxyl groups excluding tert-OH is 10. The normalized spacial score (nSPS) is 28.1. The first-order chi connectivity index (χ1) is 45.8. The summed E-state index contributed by atoms with van der Waals surface area (Å²) in [4.78, 5) is 50.9. The Labute approximate surface area is 567 Å². The van der Waals surface area contributed by atoms with Gasteiger partial charge in [0, 0.05) is 19.3 Å². The number of phosphoric acid groups is 1. The molecule has 0 radical (unpaired) electrons. The number of carbonyl (C=O) groups is 3. The molecule has 1 saturated carbocycles. The highest BCUT2D eigenvalue weighted by Crippen LogP contribution is 2.49. The average molecular weight is 1390 g/mol. The second-order valence-corrected chi connectivity index (χ2v) is 28.1. The van der Waals surface area contributed by atoms with Gasteiger partial charge in [-0.2, -0.15) is 0 Å². The molecule has 11 N–H and O–H groups in total. The fraction of sp³-hybridized carbons (Fsp3) is 0.929. The maximum Gasteiger partial charge on any atom is 0.472 e. The molecule has 18 atom stereocenters. The summed E-state index contributed by atoms with van der Waals surface area (Å²) in [7, 11) is -5.69. The number of hydrogen-bond acceptors (Lipinski definition) is 23. The van der Waals surface area contributed by atoms with E-state index >= 15 is 0 Å². The van der Waals surface area contributed by atoms with E-state index in [1.54, 1.807) is 0 Å². The Bertz CT molecular complexity index is 2020. The van der Waals surface area contributed by atoms with Crippen molar-refractivity contribution < 1.29 is 117 Å². The fourth-order valence-corrected chi connectivity index (χ4v) is 13.2. The minimum absolute atomic E-state index is 0.0247. The van der Waals surface area contributed by atoms with E-state index in [0.717, 1.165) is 116 Å². The molecule has 25 heteroatoms. The van der Waals surface area contributed by atoms with Crippen LogP contribution in [0.3, 0.4) is 0 Å². The van der Waals surface area contributed by atoms with Gasteiger partial charge in [-0.05, 0) is 44.9 Å². The Kier molecular flexibility index (Phi) is 48.2. The number of esters is 3. The second kappa shape index (κ2) is 52.6. The van der Waals surface area contributed by atoms with Crippen LogP contribution in [0.2, 0.25) is 0 Å². The Morgan fingerprint density at radius 1 is 0.400 bits per heavy atom. The number of carbonyl (C=O) groups excluding carboxylic acids is 3. The number of rotatable bonds is 57. The summed E-state index contributed by atoms with van der Waals surface area (Å²) < 4.78 is 64.9. The van der Waals surface area contributed by atoms with Crippen molar-refractivity contribution in [2.75, 3.05) is 26.4 Å². The van der Waals surface area contributed by atoms with E-state index in [2.05, 4.69) is 32.9 Å². The molecule has 0 aromatic rings. The Morgan fingerprint density at radius 3 is 1.15 bits per heavy atom. The lowest BCUT2D eigenvalue weighted by Crippen LogP contribution is -2.69. The summed E-state index contributed by atoms with van der Waals surface area (Å²) in [5.74, 6) is -1.99. The number of aliphatic hydroxyl groups is 10. The zero-order valence-electron chi connectivity index (χ0n) is 58.0. The molecule has 1 aliphatic carbocycles. The average Bonchev–Trinajstić information content (AvgIpc) is 0.764. The molecule has 2 aliphatic heterocycles. The first kappa shape index (κ1) is 86.9. The van der Waals surface area contributed by atoms with Gasteiger partial charge in [-0.15, -0.1) is 0 Å². The minimum atomic E-state index is -5.69. The van der Waals surface area contributed by atoms with Gasteiger partial charge in [-0.1, -0.05) is 232 Å². The number of unbranched alkanes of at least 4 members (excludes halogenated alkanes) is 34. The van der Waals surface area contributed by atoms with Crippen LogP contribution in [0.4, 0.5) is 0 Å². The molecule has 0 aromatic carbocycles. The molecule has 2 heterocycles. The van der Waals surface area contributed by atoms with Gasteiger partial charge in [0.1, 0.15) is 98.7 Å². The van der Waals surface area contributed by atoms with Gasteiger partial charge in [0.25, 0.3) is 0 Å². The van der Waals surface area contributed by atoms with Crippen LogP contribution in [0.5, 0.6) is 0 Å². The van der Waals surface area contributed by atoms with Crippen LogP contribution in [-0.2, 0) is 61.2 Å². The molecule has 18 unspecified atom stereocenters. The standard InChI is InChI=1S/C70H129O24P/c1-4-7-10-13-16-19-22-24-26-28-30-33-36-39-42-45-55(73)87-50-53-58(76)60(78)65(83)70(91-53)93-67-63(81)61(79)62(80)66(92-69-64(82)59(77)57(75)52(47-71)90-69)68(67)94-95(84,85)88-49-51(48-86-54(72)44-41-38-35-32-29-21-18-15-12-9-6-3)89-56(74)46-43-40-37-34-31-27-25-23-20-17-14-11-8-5-2/h19,22,51-53,57-71,75-83H,4-18,20-21,23-50H2,1-3H3,(H,84,85)/b22-19-. The molecule has 95 heavy (non-hydrogen) atoms. The zero-order valence-corrected chi connectivity index (χ0v) is 58.9. The van der Waals surface area contributed by atoms with E-state index < -0.39 is 156 Å². The summed E-state index contributed by atoms with van der Waals surface area (Å²) in [6.45, 7) is 3.42. The highest BCUT2D eigenvalue weighted by molar-refractivity contribution is 7.47. The van der Waals surface area contributed by atoms with Crippen molar-refractivity contribution in [3.63, 3.8) is 0 Å². The zero-order chi connectivity index (χ0) is 69.6. The monoisotopic (exact) mass is 1380 g/mol. The summed E-state index contributed by atoms with van der Waals surface area (Å²) in [5, 5.41) is 110. The lowest BCUT2D eigenvalue weighted by molar-refractivity contribution is -0.360. The first-order valence-corrected chi connectivity index (χ1v) is 38.5. The molecule has 3 rings (SSSR count). The van der Waals surface area contributed by atoms with Crippen LogP contribution in [0.25, 0.3) is 0 Å². The van der Waals surface area contributed by atoms with E-state index in [-0.39, 0.29) is 19.3 Å². The van der Waals surface area contributed by atoms with Gasteiger partial charge in [0.05, 0.1) is 13.2 Å². The van der Waals surface area contributed by atoms with E-state index in [1.807, 2.05) is 0 Å². The third kappa shape index (κ3) is 36.2. The Hall–Kier alpha value is -2.30. The number of allylic oxidation sites excluding steroid dienone is 2. The Balaban J connectivity index is 1.74. The molecule has 0 spiro atoms. The SMILES string of the molecule is CCCCCC/C=C\CCCCCCCCCC(=O)OCC1OC(OC2C(O)C(O)C(O)C(OC3OC(CO)C(O)C(O)C3O)C2OP(=O)(O)OCC(COC(=O)CCCCCCCCCCCCC)OC(=O)CCCCCCCCCCCCCCCC)C(O)C(O)C1O. The maximum atomic E-state index is 14.3. The van der Waals surface area contributed by atoms with Gasteiger partial charge in [-0.25, -0.2) is 4.57 Å². The molecule has 558 valence electrons. The van der Waals surface area contributed by atoms with Crippen LogP contribution < -0.4 is 0 Å². The fourth-order valence-electron chi connectivity index (χ4n) is 12.2. The lowest BCUT2D eigenvalue weighted by atomic mass is 9.84. The number of hydrogen-bond donors (Lipinski definition) is 11. The van der Waals surface area contributed by atoms with Gasteiger partial charge in [-0.3, -0.25) is 23.4 Å². The van der Waals surface area contributed by atoms with Crippen molar-refractivity contribution in [2.24, 2.45) is 0 Å². The van der Waals surface area contributed by atoms with E-state index in [0.29, 0.717) is 19.3 Å². The van der Waals surface area contributed by atoms with Crippen LogP contribution in [0, 0.1) is 0 Å². The van der Waals surface area contributed by atoms with E-state index in [9.17, 15) is 74.9 Å².